The third-order valence-electron chi connectivity index (χ3n) is 5.01. The quantitative estimate of drug-likeness (QED) is 0.465. The number of amides is 1. The number of carbonyl (C=O) groups excluding carboxylic acids is 1. The predicted octanol–water partition coefficient (Wildman–Crippen LogP) is 2.84. The molecule has 0 fully saturated rings. The summed E-state index contributed by atoms with van der Waals surface area (Å²) in [4.78, 5) is 47.2. The van der Waals surface area contributed by atoms with E-state index in [9.17, 15) is 14.4 Å². The third kappa shape index (κ3) is 3.88. The SMILES string of the molecule is CCc1cnc2c(c1SCC(=O)Nc1nc3ccc(C)cc3s1)c(=O)n(C)c(=O)n2C. The molecule has 10 heteroatoms. The van der Waals surface area contributed by atoms with Crippen LogP contribution in [-0.4, -0.2) is 30.8 Å². The van der Waals surface area contributed by atoms with Gasteiger partial charge < -0.3 is 5.32 Å². The van der Waals surface area contributed by atoms with Crippen molar-refractivity contribution in [1.29, 1.82) is 0 Å². The molecule has 4 aromatic rings. The van der Waals surface area contributed by atoms with Crippen molar-refractivity contribution in [2.45, 2.75) is 25.2 Å². The molecular weight excluding hydrogens is 434 g/mol. The molecule has 1 N–H and O–H groups in total. The van der Waals surface area contributed by atoms with Crippen LogP contribution in [0.3, 0.4) is 0 Å². The highest BCUT2D eigenvalue weighted by Crippen LogP contribution is 2.30. The van der Waals surface area contributed by atoms with Gasteiger partial charge >= 0.3 is 5.69 Å². The van der Waals surface area contributed by atoms with Gasteiger partial charge in [0, 0.05) is 25.2 Å². The van der Waals surface area contributed by atoms with Gasteiger partial charge in [0.05, 0.1) is 21.4 Å². The molecule has 0 bridgehead atoms. The van der Waals surface area contributed by atoms with E-state index in [1.165, 1.54) is 34.7 Å². The lowest BCUT2D eigenvalue weighted by Gasteiger charge is -2.13. The predicted molar refractivity (Wildman–Crippen MR) is 125 cm³/mol. The Hall–Kier alpha value is -2.98. The van der Waals surface area contributed by atoms with Gasteiger partial charge in [0.2, 0.25) is 5.91 Å². The Labute approximate surface area is 186 Å². The number of aromatic nitrogens is 4. The maximum Gasteiger partial charge on any atom is 0.332 e. The highest BCUT2D eigenvalue weighted by molar-refractivity contribution is 8.00. The Morgan fingerprint density at radius 2 is 2.00 bits per heavy atom. The van der Waals surface area contributed by atoms with E-state index in [1.54, 1.807) is 13.2 Å². The number of pyridine rings is 1. The first-order valence-corrected chi connectivity index (χ1v) is 11.5. The molecule has 3 aromatic heterocycles. The lowest BCUT2D eigenvalue weighted by molar-refractivity contribution is -0.113. The second-order valence-corrected chi connectivity index (χ2v) is 9.21. The van der Waals surface area contributed by atoms with Crippen LogP contribution in [0.1, 0.15) is 18.1 Å². The van der Waals surface area contributed by atoms with E-state index in [1.807, 2.05) is 32.0 Å². The van der Waals surface area contributed by atoms with Crippen molar-refractivity contribution in [3.63, 3.8) is 0 Å². The van der Waals surface area contributed by atoms with E-state index in [0.717, 1.165) is 25.9 Å². The van der Waals surface area contributed by atoms with Crippen molar-refractivity contribution < 1.29 is 4.79 Å². The van der Waals surface area contributed by atoms with Gasteiger partial charge in [0.25, 0.3) is 5.56 Å². The number of thioether (sulfide) groups is 1. The molecule has 0 radical (unpaired) electrons. The second kappa shape index (κ2) is 8.27. The van der Waals surface area contributed by atoms with Crippen molar-refractivity contribution in [3.8, 4) is 0 Å². The Kier molecular flexibility index (Phi) is 5.67. The highest BCUT2D eigenvalue weighted by atomic mass is 32.2. The minimum absolute atomic E-state index is 0.104. The number of hydrogen-bond acceptors (Lipinski definition) is 7. The summed E-state index contributed by atoms with van der Waals surface area (Å²) in [7, 11) is 3.03. The van der Waals surface area contributed by atoms with Gasteiger partial charge in [0.1, 0.15) is 5.65 Å². The summed E-state index contributed by atoms with van der Waals surface area (Å²) in [5, 5.41) is 3.75. The van der Waals surface area contributed by atoms with Crippen LogP contribution >= 0.6 is 23.1 Å². The number of nitrogens with one attached hydrogen (secondary N) is 1. The molecule has 4 rings (SSSR count). The summed E-state index contributed by atoms with van der Waals surface area (Å²) in [5.74, 6) is -0.109. The Bertz CT molecular complexity index is 1450. The largest absolute Gasteiger partial charge is 0.332 e. The van der Waals surface area contributed by atoms with Crippen molar-refractivity contribution in [2.24, 2.45) is 14.1 Å². The maximum absolute atomic E-state index is 12.8. The summed E-state index contributed by atoms with van der Waals surface area (Å²) in [6.07, 6.45) is 2.31. The smallest absolute Gasteiger partial charge is 0.301 e. The monoisotopic (exact) mass is 455 g/mol. The summed E-state index contributed by atoms with van der Waals surface area (Å²) >= 11 is 2.70. The number of aryl methyl sites for hydroxylation is 3. The lowest BCUT2D eigenvalue weighted by Crippen LogP contribution is -2.37. The number of nitrogens with zero attached hydrogens (tertiary/aromatic N) is 4. The van der Waals surface area contributed by atoms with Crippen LogP contribution in [0, 0.1) is 6.92 Å². The molecule has 31 heavy (non-hydrogen) atoms. The van der Waals surface area contributed by atoms with Gasteiger partial charge in [0.15, 0.2) is 5.13 Å². The number of rotatable bonds is 5. The molecule has 0 saturated carbocycles. The lowest BCUT2D eigenvalue weighted by atomic mass is 10.2. The molecule has 8 nitrogen and oxygen atoms in total. The zero-order valence-corrected chi connectivity index (χ0v) is 19.2. The van der Waals surface area contributed by atoms with E-state index >= 15 is 0 Å². The van der Waals surface area contributed by atoms with Crippen LogP contribution in [0.4, 0.5) is 5.13 Å². The molecule has 0 saturated heterocycles. The highest BCUT2D eigenvalue weighted by Gasteiger charge is 2.18. The van der Waals surface area contributed by atoms with Crippen molar-refractivity contribution in [1.82, 2.24) is 19.1 Å². The Morgan fingerprint density at radius 1 is 1.23 bits per heavy atom. The first-order chi connectivity index (χ1) is 14.8. The molecule has 0 atom stereocenters. The average Bonchev–Trinajstić information content (AvgIpc) is 3.15. The zero-order chi connectivity index (χ0) is 22.3. The van der Waals surface area contributed by atoms with Crippen LogP contribution in [0.2, 0.25) is 0 Å². The number of fused-ring (bicyclic) bond motifs is 2. The molecular formula is C21H21N5O3S2. The molecule has 0 unspecified atom stereocenters. The number of benzene rings is 1. The van der Waals surface area contributed by atoms with Crippen molar-refractivity contribution in [3.05, 3.63) is 56.4 Å². The average molecular weight is 456 g/mol. The molecule has 0 aliphatic heterocycles. The third-order valence-corrected chi connectivity index (χ3v) is 7.11. The van der Waals surface area contributed by atoms with E-state index in [4.69, 9.17) is 0 Å². The second-order valence-electron chi connectivity index (χ2n) is 7.20. The number of thiazole rings is 1. The van der Waals surface area contributed by atoms with E-state index in [-0.39, 0.29) is 11.7 Å². The van der Waals surface area contributed by atoms with Crippen molar-refractivity contribution >= 4 is 55.4 Å². The van der Waals surface area contributed by atoms with Gasteiger partial charge in [-0.3, -0.25) is 18.7 Å². The molecule has 0 aliphatic rings. The van der Waals surface area contributed by atoms with Gasteiger partial charge in [-0.05, 0) is 36.6 Å². The number of anilines is 1. The Balaban J connectivity index is 1.64. The minimum atomic E-state index is -0.436. The summed E-state index contributed by atoms with van der Waals surface area (Å²) in [6.45, 7) is 3.97. The fourth-order valence-corrected chi connectivity index (χ4v) is 5.37. The normalized spacial score (nSPS) is 11.4. The molecule has 1 aromatic carbocycles. The van der Waals surface area contributed by atoms with Gasteiger partial charge in [-0.1, -0.05) is 24.3 Å². The molecule has 1 amide bonds. The van der Waals surface area contributed by atoms with Crippen LogP contribution in [0.25, 0.3) is 21.3 Å². The topological polar surface area (TPSA) is 98.9 Å². The molecule has 0 spiro atoms. The van der Waals surface area contributed by atoms with Gasteiger partial charge in [-0.25, -0.2) is 14.8 Å². The standard InChI is InChI=1S/C21H21N5O3S2/c1-5-12-9-22-18-16(19(28)26(4)21(29)25(18)3)17(12)30-10-15(27)24-20-23-13-7-6-11(2)8-14(13)31-20/h6-9H,5,10H2,1-4H3,(H,23,24,27). The fourth-order valence-electron chi connectivity index (χ4n) is 3.34. The first-order valence-electron chi connectivity index (χ1n) is 9.67. The first kappa shape index (κ1) is 21.3. The van der Waals surface area contributed by atoms with E-state index in [2.05, 4.69) is 15.3 Å². The van der Waals surface area contributed by atoms with Crippen LogP contribution in [0.5, 0.6) is 0 Å². The number of carbonyl (C=O) groups is 1. The summed E-state index contributed by atoms with van der Waals surface area (Å²) in [6, 6.07) is 5.95. The van der Waals surface area contributed by atoms with Crippen LogP contribution in [0.15, 0.2) is 38.9 Å². The fraction of sp³-hybridized carbons (Fsp3) is 0.286. The van der Waals surface area contributed by atoms with Crippen LogP contribution < -0.4 is 16.6 Å². The van der Waals surface area contributed by atoms with E-state index < -0.39 is 11.2 Å². The zero-order valence-electron chi connectivity index (χ0n) is 17.6. The molecule has 0 aliphatic carbocycles. The maximum atomic E-state index is 12.8. The number of hydrogen-bond donors (Lipinski definition) is 1. The van der Waals surface area contributed by atoms with Gasteiger partial charge in [-0.2, -0.15) is 0 Å². The van der Waals surface area contributed by atoms with E-state index in [0.29, 0.717) is 27.5 Å². The minimum Gasteiger partial charge on any atom is -0.301 e. The molecule has 3 heterocycles. The van der Waals surface area contributed by atoms with Crippen LogP contribution in [-0.2, 0) is 25.3 Å². The van der Waals surface area contributed by atoms with Gasteiger partial charge in [-0.15, -0.1) is 11.8 Å². The summed E-state index contributed by atoms with van der Waals surface area (Å²) < 4.78 is 3.43. The molecule has 160 valence electrons. The van der Waals surface area contributed by atoms with Crippen molar-refractivity contribution in [2.75, 3.05) is 11.1 Å². The summed E-state index contributed by atoms with van der Waals surface area (Å²) in [5.41, 5.74) is 2.30. The Morgan fingerprint density at radius 3 is 2.74 bits per heavy atom.